The van der Waals surface area contributed by atoms with Crippen molar-refractivity contribution in [3.05, 3.63) is 156 Å². The Morgan fingerprint density at radius 3 is 0.779 bits per heavy atom. The van der Waals surface area contributed by atoms with Gasteiger partial charge in [0.05, 0.1) is 49.2 Å². The molecule has 0 bridgehead atoms. The summed E-state index contributed by atoms with van der Waals surface area (Å²) in [6.45, 7) is 8.11. The number of ether oxygens (including phenoxy) is 4. The number of hydrogen-bond donors (Lipinski definition) is 0. The summed E-state index contributed by atoms with van der Waals surface area (Å²) in [4.78, 5) is 45.5. The molecule has 0 radical (unpaired) electrons. The minimum Gasteiger partial charge on any atom is -0.465 e. The van der Waals surface area contributed by atoms with Gasteiger partial charge in [-0.3, -0.25) is 0 Å². The maximum absolute atomic E-state index is 11.8. The van der Waals surface area contributed by atoms with E-state index in [1.807, 2.05) is 67.6 Å². The maximum Gasteiger partial charge on any atom is 0.338 e. The summed E-state index contributed by atoms with van der Waals surface area (Å²) in [7, 11) is 1.37. The molecule has 77 heavy (non-hydrogen) atoms. The molecule has 428 valence electrons. The highest BCUT2D eigenvalue weighted by Gasteiger charge is 2.07. The Kier molecular flexibility index (Phi) is 48.6. The average Bonchev–Trinajstić information content (AvgIpc) is 3.48. The minimum absolute atomic E-state index is 0.198. The Morgan fingerprint density at radius 2 is 0.519 bits per heavy atom. The van der Waals surface area contributed by atoms with Crippen LogP contribution in [0.4, 0.5) is 0 Å². The average molecular weight is 1060 g/mol. The second kappa shape index (κ2) is 53.9. The minimum atomic E-state index is -0.291. The quantitative estimate of drug-likeness (QED) is 0.0188. The third kappa shape index (κ3) is 43.2. The molecule has 0 amide bonds. The number of benzene rings is 4. The first kappa shape index (κ1) is 69.5. The van der Waals surface area contributed by atoms with Gasteiger partial charge in [0, 0.05) is 0 Å². The Morgan fingerprint density at radius 1 is 0.286 bits per heavy atom. The highest BCUT2D eigenvalue weighted by Crippen LogP contribution is 2.15. The summed E-state index contributed by atoms with van der Waals surface area (Å²) in [5.74, 6) is -0.932. The SMILES string of the molecule is CCCCCCCCC/C=C\CCCCCCCCOC(=O)c1ccccc1.CCCCCCCCCCCCCCCCCCOC(=O)c1ccccc1.CCCOC(=O)c1ccccc1.COC(=O)c1ccccc1. The van der Waals surface area contributed by atoms with Crippen molar-refractivity contribution in [2.24, 2.45) is 0 Å². The van der Waals surface area contributed by atoms with Gasteiger partial charge in [-0.1, -0.05) is 266 Å². The Bertz CT molecular complexity index is 1950. The van der Waals surface area contributed by atoms with E-state index in [9.17, 15) is 19.2 Å². The van der Waals surface area contributed by atoms with Crippen molar-refractivity contribution in [1.82, 2.24) is 0 Å². The van der Waals surface area contributed by atoms with Gasteiger partial charge in [0.2, 0.25) is 0 Å². The van der Waals surface area contributed by atoms with E-state index in [-0.39, 0.29) is 23.9 Å². The molecule has 0 fully saturated rings. The monoisotopic (exact) mass is 1060 g/mol. The van der Waals surface area contributed by atoms with E-state index in [2.05, 4.69) is 30.7 Å². The van der Waals surface area contributed by atoms with Crippen LogP contribution >= 0.6 is 0 Å². The summed E-state index contributed by atoms with van der Waals surface area (Å²) in [5, 5.41) is 0. The first-order chi connectivity index (χ1) is 37.9. The zero-order valence-corrected chi connectivity index (χ0v) is 48.7. The zero-order valence-electron chi connectivity index (χ0n) is 48.7. The van der Waals surface area contributed by atoms with Crippen LogP contribution in [0, 0.1) is 0 Å². The smallest absolute Gasteiger partial charge is 0.338 e. The molecule has 0 saturated heterocycles. The van der Waals surface area contributed by atoms with E-state index in [0.29, 0.717) is 42.1 Å². The summed E-state index contributed by atoms with van der Waals surface area (Å²) in [6.07, 6.45) is 46.8. The maximum atomic E-state index is 11.8. The molecule has 0 aromatic heterocycles. The van der Waals surface area contributed by atoms with Crippen molar-refractivity contribution < 1.29 is 38.1 Å². The second-order valence-corrected chi connectivity index (χ2v) is 20.0. The summed E-state index contributed by atoms with van der Waals surface area (Å²) in [6, 6.07) is 36.4. The van der Waals surface area contributed by atoms with Crippen molar-refractivity contribution >= 4 is 23.9 Å². The van der Waals surface area contributed by atoms with Gasteiger partial charge in [-0.25, -0.2) is 19.2 Å². The highest BCUT2D eigenvalue weighted by atomic mass is 16.5. The topological polar surface area (TPSA) is 105 Å². The Labute approximate surface area is 468 Å². The first-order valence-corrected chi connectivity index (χ1v) is 30.3. The van der Waals surface area contributed by atoms with E-state index in [1.54, 1.807) is 60.7 Å². The van der Waals surface area contributed by atoms with Crippen LogP contribution in [0.3, 0.4) is 0 Å². The summed E-state index contributed by atoms with van der Waals surface area (Å²) < 4.78 is 20.0. The first-order valence-electron chi connectivity index (χ1n) is 30.3. The number of unbranched alkanes of at least 4 members (excludes halogenated alkanes) is 28. The van der Waals surface area contributed by atoms with Crippen molar-refractivity contribution in [3.63, 3.8) is 0 Å². The Balaban J connectivity index is 0.000000556. The lowest BCUT2D eigenvalue weighted by atomic mass is 10.0. The number of methoxy groups -OCH3 is 1. The number of rotatable bonds is 40. The van der Waals surface area contributed by atoms with E-state index < -0.39 is 0 Å². The molecular weight excluding hydrogens is 957 g/mol. The van der Waals surface area contributed by atoms with Gasteiger partial charge in [0.25, 0.3) is 0 Å². The molecule has 4 aromatic rings. The molecule has 0 aliphatic rings. The van der Waals surface area contributed by atoms with Gasteiger partial charge in [-0.2, -0.15) is 0 Å². The van der Waals surface area contributed by atoms with Crippen molar-refractivity contribution in [2.45, 2.75) is 226 Å². The highest BCUT2D eigenvalue weighted by molar-refractivity contribution is 5.90. The van der Waals surface area contributed by atoms with E-state index in [1.165, 1.54) is 187 Å². The van der Waals surface area contributed by atoms with Crippen molar-refractivity contribution in [3.8, 4) is 0 Å². The van der Waals surface area contributed by atoms with Crippen molar-refractivity contribution in [1.29, 1.82) is 0 Å². The van der Waals surface area contributed by atoms with Gasteiger partial charge in [-0.05, 0) is 93.5 Å². The van der Waals surface area contributed by atoms with Gasteiger partial charge >= 0.3 is 23.9 Å². The van der Waals surface area contributed by atoms with Crippen LogP contribution in [-0.2, 0) is 18.9 Å². The summed E-state index contributed by atoms with van der Waals surface area (Å²) >= 11 is 0. The fraction of sp³-hybridized carbons (Fsp3) is 0.565. The fourth-order valence-electron chi connectivity index (χ4n) is 8.37. The molecule has 0 unspecified atom stereocenters. The standard InChI is InChI=1S/C26H42O2.C25H42O2.C10H12O2.C8H8O2/c1-2-3-4-5-6-7-8-9-10-11-12-13-14-15-16-17-21-24-28-26(27)25-22-19-18-20-23-25;1-2-3-4-5-6-7-8-9-10-11-12-13-14-15-16-20-23-27-25(26)24-21-18-17-19-22-24;1-2-8-12-10(11)9-6-4-3-5-7-9;1-10-8(9)7-5-3-2-4-6-7/h10-11,18-20,22-23H,2-9,12-17,21,24H2,1H3;17-19,21-22H,2-16,20,23H2,1H3;3-7H,2,8H2,1H3;2-6H,1H3/b11-10-;;;. The predicted molar refractivity (Wildman–Crippen MR) is 322 cm³/mol. The van der Waals surface area contributed by atoms with E-state index in [0.717, 1.165) is 25.7 Å². The third-order valence-corrected chi connectivity index (χ3v) is 13.0. The second-order valence-electron chi connectivity index (χ2n) is 20.0. The third-order valence-electron chi connectivity index (χ3n) is 13.0. The van der Waals surface area contributed by atoms with Gasteiger partial charge in [-0.15, -0.1) is 0 Å². The van der Waals surface area contributed by atoms with Crippen LogP contribution in [0.15, 0.2) is 133 Å². The lowest BCUT2D eigenvalue weighted by Gasteiger charge is -2.05. The Hall–Kier alpha value is -5.50. The van der Waals surface area contributed by atoms with Crippen LogP contribution < -0.4 is 0 Å². The zero-order chi connectivity index (χ0) is 55.8. The van der Waals surface area contributed by atoms with E-state index >= 15 is 0 Å². The fourth-order valence-corrected chi connectivity index (χ4v) is 8.37. The van der Waals surface area contributed by atoms with Crippen LogP contribution in [0.1, 0.15) is 268 Å². The molecule has 0 aliphatic heterocycles. The van der Waals surface area contributed by atoms with Crippen LogP contribution in [0.25, 0.3) is 0 Å². The lowest BCUT2D eigenvalue weighted by Crippen LogP contribution is -2.06. The van der Waals surface area contributed by atoms with Gasteiger partial charge in [0.15, 0.2) is 0 Å². The van der Waals surface area contributed by atoms with Crippen molar-refractivity contribution in [2.75, 3.05) is 26.9 Å². The van der Waals surface area contributed by atoms with Gasteiger partial charge < -0.3 is 18.9 Å². The molecule has 0 N–H and O–H groups in total. The van der Waals surface area contributed by atoms with E-state index in [4.69, 9.17) is 14.2 Å². The number of carbonyl (C=O) groups excluding carboxylic acids is 4. The predicted octanol–water partition coefficient (Wildman–Crippen LogP) is 20.1. The molecule has 8 heteroatoms. The normalized spacial score (nSPS) is 10.5. The molecule has 0 atom stereocenters. The number of hydrogen-bond acceptors (Lipinski definition) is 8. The number of esters is 4. The molecule has 0 aliphatic carbocycles. The molecule has 4 rings (SSSR count). The number of carbonyl (C=O) groups is 4. The molecule has 8 nitrogen and oxygen atoms in total. The van der Waals surface area contributed by atoms with Crippen LogP contribution in [0.2, 0.25) is 0 Å². The molecule has 4 aromatic carbocycles. The van der Waals surface area contributed by atoms with Crippen LogP contribution in [-0.4, -0.2) is 50.8 Å². The lowest BCUT2D eigenvalue weighted by molar-refractivity contribution is 0.0488. The summed E-state index contributed by atoms with van der Waals surface area (Å²) in [5.41, 5.74) is 2.49. The number of allylic oxidation sites excluding steroid dienone is 2. The molecule has 0 heterocycles. The largest absolute Gasteiger partial charge is 0.465 e. The van der Waals surface area contributed by atoms with Gasteiger partial charge in [0.1, 0.15) is 0 Å². The molecule has 0 saturated carbocycles. The molecular formula is C69H104O8. The van der Waals surface area contributed by atoms with Crippen LogP contribution in [0.5, 0.6) is 0 Å². The molecule has 0 spiro atoms.